The summed E-state index contributed by atoms with van der Waals surface area (Å²) in [6.45, 7) is 10.9. The summed E-state index contributed by atoms with van der Waals surface area (Å²) in [7, 11) is 0. The highest BCUT2D eigenvalue weighted by Gasteiger charge is 2.21. The fourth-order valence-electron chi connectivity index (χ4n) is 5.02. The van der Waals surface area contributed by atoms with Crippen LogP contribution in [0.15, 0.2) is 96.0 Å². The zero-order chi connectivity index (χ0) is 27.1. The second-order valence-corrected chi connectivity index (χ2v) is 12.1. The molecule has 0 amide bonds. The monoisotopic (exact) mass is 525 g/mol. The first-order chi connectivity index (χ1) is 18.8. The zero-order valence-corrected chi connectivity index (χ0v) is 23.8. The summed E-state index contributed by atoms with van der Waals surface area (Å²) in [4.78, 5) is 15.0. The van der Waals surface area contributed by atoms with Crippen molar-refractivity contribution >= 4 is 44.2 Å². The topological polar surface area (TPSA) is 38.1 Å². The number of nitrogens with zero attached hydrogens (tertiary/aromatic N) is 3. The van der Waals surface area contributed by atoms with Crippen molar-refractivity contribution in [1.82, 2.24) is 9.97 Å². The molecule has 0 unspecified atom stereocenters. The van der Waals surface area contributed by atoms with E-state index < -0.39 is 0 Å². The average Bonchev–Trinajstić information content (AvgIpc) is 3.35. The van der Waals surface area contributed by atoms with Crippen LogP contribution in [0.2, 0.25) is 0 Å². The van der Waals surface area contributed by atoms with Crippen LogP contribution in [0.1, 0.15) is 43.3 Å². The first kappa shape index (κ1) is 25.1. The van der Waals surface area contributed by atoms with Gasteiger partial charge in [-0.1, -0.05) is 81.4 Å². The molecule has 4 aromatic carbocycles. The van der Waals surface area contributed by atoms with E-state index in [1.807, 2.05) is 19.2 Å². The first-order valence-electron chi connectivity index (χ1n) is 13.3. The summed E-state index contributed by atoms with van der Waals surface area (Å²) in [5.41, 5.74) is 9.71. The number of hydrogen-bond acceptors (Lipinski definition) is 4. The maximum absolute atomic E-state index is 5.23. The van der Waals surface area contributed by atoms with Crippen molar-refractivity contribution < 1.29 is 0 Å². The number of aryl methyl sites for hydroxylation is 2. The molecule has 0 bridgehead atoms. The van der Waals surface area contributed by atoms with Gasteiger partial charge in [0.2, 0.25) is 0 Å². The van der Waals surface area contributed by atoms with Gasteiger partial charge in [-0.3, -0.25) is 9.98 Å². The van der Waals surface area contributed by atoms with Gasteiger partial charge < -0.3 is 0 Å². The van der Waals surface area contributed by atoms with Gasteiger partial charge in [-0.15, -0.1) is 11.3 Å². The maximum Gasteiger partial charge on any atom is 0.126 e. The number of thiazole rings is 1. The van der Waals surface area contributed by atoms with Crippen LogP contribution in [-0.2, 0) is 5.41 Å². The quantitative estimate of drug-likeness (QED) is 0.215. The van der Waals surface area contributed by atoms with Crippen LogP contribution >= 0.6 is 11.3 Å². The molecule has 0 spiro atoms. The standard InChI is InChI=1S/C35H31N3S/c1-22-17-18-27(23(2)37-22)30-19-26(35(3,4)5)20-32-33(30)38-34(39-32)29-15-8-9-16-31(29)36-21-25-13-10-12-24-11-6-7-14-28(24)25/h6-21H,1-5H3. The third kappa shape index (κ3) is 4.88. The van der Waals surface area contributed by atoms with Crippen molar-refractivity contribution in [1.29, 1.82) is 0 Å². The molecule has 0 saturated carbocycles. The maximum atomic E-state index is 5.23. The van der Waals surface area contributed by atoms with Crippen LogP contribution in [0.5, 0.6) is 0 Å². The first-order valence-corrected chi connectivity index (χ1v) is 14.1. The Labute approximate surface area is 233 Å². The van der Waals surface area contributed by atoms with Crippen molar-refractivity contribution in [3.8, 4) is 21.7 Å². The molecule has 39 heavy (non-hydrogen) atoms. The molecule has 0 radical (unpaired) electrons. The molecule has 0 aliphatic carbocycles. The molecule has 0 N–H and O–H groups in total. The van der Waals surface area contributed by atoms with Gasteiger partial charge in [0.1, 0.15) is 5.01 Å². The van der Waals surface area contributed by atoms with Gasteiger partial charge in [-0.05, 0) is 65.9 Å². The van der Waals surface area contributed by atoms with Crippen molar-refractivity contribution in [2.45, 2.75) is 40.0 Å². The van der Waals surface area contributed by atoms with E-state index in [9.17, 15) is 0 Å². The Balaban J connectivity index is 1.50. The van der Waals surface area contributed by atoms with Crippen LogP contribution in [0, 0.1) is 13.8 Å². The molecule has 2 heterocycles. The number of aliphatic imine (C=N–C) groups is 1. The van der Waals surface area contributed by atoms with Gasteiger partial charge in [-0.25, -0.2) is 4.98 Å². The lowest BCUT2D eigenvalue weighted by molar-refractivity contribution is 0.591. The average molecular weight is 526 g/mol. The van der Waals surface area contributed by atoms with Crippen molar-refractivity contribution in [3.63, 3.8) is 0 Å². The van der Waals surface area contributed by atoms with E-state index in [-0.39, 0.29) is 5.41 Å². The van der Waals surface area contributed by atoms with Crippen molar-refractivity contribution in [2.75, 3.05) is 0 Å². The zero-order valence-electron chi connectivity index (χ0n) is 23.0. The lowest BCUT2D eigenvalue weighted by atomic mass is 9.85. The number of aromatic nitrogens is 2. The highest BCUT2D eigenvalue weighted by Crippen LogP contribution is 2.42. The fourth-order valence-corrected chi connectivity index (χ4v) is 6.09. The fraction of sp³-hybridized carbons (Fsp3) is 0.171. The van der Waals surface area contributed by atoms with E-state index in [1.165, 1.54) is 21.0 Å². The molecule has 192 valence electrons. The Kier molecular flexibility index (Phi) is 6.36. The Morgan fingerprint density at radius 1 is 0.744 bits per heavy atom. The van der Waals surface area contributed by atoms with E-state index >= 15 is 0 Å². The Morgan fingerprint density at radius 3 is 2.33 bits per heavy atom. The van der Waals surface area contributed by atoms with Crippen molar-refractivity contribution in [2.24, 2.45) is 4.99 Å². The Hall–Kier alpha value is -4.15. The van der Waals surface area contributed by atoms with Gasteiger partial charge in [0, 0.05) is 39.9 Å². The van der Waals surface area contributed by atoms with E-state index in [0.29, 0.717) is 0 Å². The van der Waals surface area contributed by atoms with Gasteiger partial charge in [0.05, 0.1) is 15.9 Å². The molecule has 0 atom stereocenters. The highest BCUT2D eigenvalue weighted by atomic mass is 32.1. The number of benzene rings is 4. The third-order valence-corrected chi connectivity index (χ3v) is 8.21. The number of rotatable bonds is 4. The molecule has 0 aliphatic heterocycles. The SMILES string of the molecule is Cc1ccc(-c2cc(C(C)(C)C)cc3sc(-c4ccccc4N=Cc4cccc5ccccc45)nc23)c(C)n1. The molecule has 2 aromatic heterocycles. The number of hydrogen-bond donors (Lipinski definition) is 0. The second kappa shape index (κ2) is 9.87. The van der Waals surface area contributed by atoms with E-state index in [2.05, 4.69) is 113 Å². The van der Waals surface area contributed by atoms with Gasteiger partial charge in [-0.2, -0.15) is 0 Å². The lowest BCUT2D eigenvalue weighted by Crippen LogP contribution is -2.11. The minimum absolute atomic E-state index is 0.0137. The number of pyridine rings is 1. The molecular formula is C35H31N3S. The molecule has 6 rings (SSSR count). The van der Waals surface area contributed by atoms with Crippen LogP contribution < -0.4 is 0 Å². The van der Waals surface area contributed by atoms with E-state index in [4.69, 9.17) is 15.0 Å². The molecule has 3 nitrogen and oxygen atoms in total. The minimum atomic E-state index is 0.0137. The molecule has 0 aliphatic rings. The number of para-hydroxylation sites is 1. The smallest absolute Gasteiger partial charge is 0.126 e. The molecule has 0 saturated heterocycles. The van der Waals surface area contributed by atoms with Crippen molar-refractivity contribution in [3.05, 3.63) is 114 Å². The van der Waals surface area contributed by atoms with Crippen LogP contribution in [0.3, 0.4) is 0 Å². The predicted octanol–water partition coefficient (Wildman–Crippen LogP) is 9.84. The van der Waals surface area contributed by atoms with Gasteiger partial charge in [0.25, 0.3) is 0 Å². The number of fused-ring (bicyclic) bond motifs is 2. The summed E-state index contributed by atoms with van der Waals surface area (Å²) in [6, 6.07) is 31.9. The van der Waals surface area contributed by atoms with Crippen LogP contribution in [0.4, 0.5) is 5.69 Å². The van der Waals surface area contributed by atoms with Gasteiger partial charge in [0.15, 0.2) is 0 Å². The highest BCUT2D eigenvalue weighted by molar-refractivity contribution is 7.21. The minimum Gasteiger partial charge on any atom is -0.258 e. The molecular weight excluding hydrogens is 494 g/mol. The molecule has 4 heteroatoms. The normalized spacial score (nSPS) is 12.1. The molecule has 0 fully saturated rings. The van der Waals surface area contributed by atoms with E-state index in [1.54, 1.807) is 11.3 Å². The van der Waals surface area contributed by atoms with E-state index in [0.717, 1.165) is 49.9 Å². The second-order valence-electron chi connectivity index (χ2n) is 11.1. The summed E-state index contributed by atoms with van der Waals surface area (Å²) in [5, 5.41) is 3.38. The summed E-state index contributed by atoms with van der Waals surface area (Å²) < 4.78 is 1.18. The summed E-state index contributed by atoms with van der Waals surface area (Å²) in [6.07, 6.45) is 1.97. The Bertz CT molecular complexity index is 1870. The molecule has 6 aromatic rings. The lowest BCUT2D eigenvalue weighted by Gasteiger charge is -2.20. The Morgan fingerprint density at radius 2 is 1.51 bits per heavy atom. The van der Waals surface area contributed by atoms with Crippen LogP contribution in [0.25, 0.3) is 42.7 Å². The summed E-state index contributed by atoms with van der Waals surface area (Å²) in [5.74, 6) is 0. The third-order valence-electron chi connectivity index (χ3n) is 7.18. The van der Waals surface area contributed by atoms with Crippen LogP contribution in [-0.4, -0.2) is 16.2 Å². The predicted molar refractivity (Wildman–Crippen MR) is 168 cm³/mol. The largest absolute Gasteiger partial charge is 0.258 e. The summed E-state index contributed by atoms with van der Waals surface area (Å²) >= 11 is 1.73. The van der Waals surface area contributed by atoms with Gasteiger partial charge >= 0.3 is 0 Å².